The third kappa shape index (κ3) is 7.56. The van der Waals surface area contributed by atoms with Crippen molar-refractivity contribution in [2.24, 2.45) is 5.73 Å². The highest BCUT2D eigenvalue weighted by Gasteiger charge is 1.87. The van der Waals surface area contributed by atoms with E-state index in [0.29, 0.717) is 0 Å². The summed E-state index contributed by atoms with van der Waals surface area (Å²) in [6.07, 6.45) is 4.56. The fourth-order valence-corrected chi connectivity index (χ4v) is 0.963. The predicted octanol–water partition coefficient (Wildman–Crippen LogP) is 1.28. The lowest BCUT2D eigenvalue weighted by Gasteiger charge is -2.02. The van der Waals surface area contributed by atoms with Crippen LogP contribution in [-0.2, 0) is 0 Å². The molecule has 0 aromatic rings. The van der Waals surface area contributed by atoms with Crippen LogP contribution in [0.3, 0.4) is 0 Å². The monoisotopic (exact) mass is 156 g/mol. The van der Waals surface area contributed by atoms with Gasteiger partial charge in [0.15, 0.2) is 0 Å². The van der Waals surface area contributed by atoms with Crippen LogP contribution in [-0.4, -0.2) is 19.6 Å². The molecular weight excluding hydrogens is 136 g/mol. The minimum absolute atomic E-state index is 0.733. The van der Waals surface area contributed by atoms with Gasteiger partial charge >= 0.3 is 0 Å². The molecule has 0 aromatic heterocycles. The van der Waals surface area contributed by atoms with E-state index in [4.69, 9.17) is 5.73 Å². The van der Waals surface area contributed by atoms with Gasteiger partial charge in [-0.1, -0.05) is 18.6 Å². The quantitative estimate of drug-likeness (QED) is 0.449. The van der Waals surface area contributed by atoms with Crippen LogP contribution in [0.2, 0.25) is 0 Å². The van der Waals surface area contributed by atoms with Gasteiger partial charge in [-0.15, -0.1) is 0 Å². The van der Waals surface area contributed by atoms with E-state index >= 15 is 0 Å². The van der Waals surface area contributed by atoms with Crippen LogP contribution < -0.4 is 11.1 Å². The zero-order valence-electron chi connectivity index (χ0n) is 7.69. The first-order valence-corrected chi connectivity index (χ1v) is 4.37. The molecule has 0 aliphatic heterocycles. The molecule has 0 saturated carbocycles. The summed E-state index contributed by atoms with van der Waals surface area (Å²) in [5.74, 6) is 0. The fourth-order valence-electron chi connectivity index (χ4n) is 0.963. The SMILES string of the molecule is CC/C=C(\C)CCNCCN. The van der Waals surface area contributed by atoms with E-state index in [1.807, 2.05) is 0 Å². The second-order valence-corrected chi connectivity index (χ2v) is 2.75. The second-order valence-electron chi connectivity index (χ2n) is 2.75. The molecule has 0 bridgehead atoms. The van der Waals surface area contributed by atoms with E-state index in [2.05, 4.69) is 25.2 Å². The van der Waals surface area contributed by atoms with Gasteiger partial charge in [0.25, 0.3) is 0 Å². The fraction of sp³-hybridized carbons (Fsp3) is 0.778. The first kappa shape index (κ1) is 10.7. The van der Waals surface area contributed by atoms with E-state index in [-0.39, 0.29) is 0 Å². The third-order valence-electron chi connectivity index (χ3n) is 1.57. The molecule has 0 heterocycles. The second kappa shape index (κ2) is 7.76. The molecule has 0 aromatic carbocycles. The number of nitrogens with two attached hydrogens (primary N) is 1. The molecule has 0 spiro atoms. The van der Waals surface area contributed by atoms with Gasteiger partial charge in [0.05, 0.1) is 0 Å². The lowest BCUT2D eigenvalue weighted by atomic mass is 10.2. The Labute approximate surface area is 69.9 Å². The summed E-state index contributed by atoms with van der Waals surface area (Å²) in [4.78, 5) is 0. The van der Waals surface area contributed by atoms with Crippen molar-refractivity contribution in [3.63, 3.8) is 0 Å². The largest absolute Gasteiger partial charge is 0.329 e. The minimum Gasteiger partial charge on any atom is -0.329 e. The molecule has 0 aliphatic rings. The molecule has 2 nitrogen and oxygen atoms in total. The van der Waals surface area contributed by atoms with Crippen molar-refractivity contribution < 1.29 is 0 Å². The molecule has 0 amide bonds. The summed E-state index contributed by atoms with van der Waals surface area (Å²) in [5, 5.41) is 3.26. The highest BCUT2D eigenvalue weighted by Crippen LogP contribution is 1.98. The average Bonchev–Trinajstić information content (AvgIpc) is 1.99. The lowest BCUT2D eigenvalue weighted by molar-refractivity contribution is 0.685. The molecule has 0 saturated heterocycles. The summed E-state index contributed by atoms with van der Waals surface area (Å²) < 4.78 is 0. The Bertz CT molecular complexity index is 108. The Hall–Kier alpha value is -0.340. The maximum atomic E-state index is 5.33. The molecular formula is C9H20N2. The third-order valence-corrected chi connectivity index (χ3v) is 1.57. The van der Waals surface area contributed by atoms with Crippen LogP contribution in [0, 0.1) is 0 Å². The molecule has 0 atom stereocenters. The molecule has 0 fully saturated rings. The van der Waals surface area contributed by atoms with Crippen LogP contribution in [0.5, 0.6) is 0 Å². The normalized spacial score (nSPS) is 12.1. The topological polar surface area (TPSA) is 38.0 Å². The summed E-state index contributed by atoms with van der Waals surface area (Å²) >= 11 is 0. The molecule has 66 valence electrons. The van der Waals surface area contributed by atoms with E-state index < -0.39 is 0 Å². The lowest BCUT2D eigenvalue weighted by Crippen LogP contribution is -2.23. The van der Waals surface area contributed by atoms with Crippen LogP contribution in [0.1, 0.15) is 26.7 Å². The number of rotatable bonds is 6. The first-order valence-electron chi connectivity index (χ1n) is 4.37. The molecule has 0 aliphatic carbocycles. The van der Waals surface area contributed by atoms with Crippen molar-refractivity contribution in [1.29, 1.82) is 0 Å². The Morgan fingerprint density at radius 2 is 2.18 bits per heavy atom. The van der Waals surface area contributed by atoms with Crippen LogP contribution >= 0.6 is 0 Å². The standard InChI is InChI=1S/C9H20N2/c1-3-4-9(2)5-7-11-8-6-10/h4,11H,3,5-8,10H2,1-2H3/b9-4+. The van der Waals surface area contributed by atoms with Gasteiger partial charge in [-0.25, -0.2) is 0 Å². The van der Waals surface area contributed by atoms with Crippen LogP contribution in [0.4, 0.5) is 0 Å². The van der Waals surface area contributed by atoms with Gasteiger partial charge in [-0.05, 0) is 26.3 Å². The Balaban J connectivity index is 3.17. The maximum absolute atomic E-state index is 5.33. The Morgan fingerprint density at radius 3 is 2.73 bits per heavy atom. The van der Waals surface area contributed by atoms with Crippen molar-refractivity contribution in [1.82, 2.24) is 5.32 Å². The van der Waals surface area contributed by atoms with E-state index in [1.54, 1.807) is 0 Å². The van der Waals surface area contributed by atoms with Gasteiger partial charge < -0.3 is 11.1 Å². The van der Waals surface area contributed by atoms with E-state index in [0.717, 1.165) is 32.5 Å². The van der Waals surface area contributed by atoms with Crippen molar-refractivity contribution in [3.05, 3.63) is 11.6 Å². The molecule has 0 rings (SSSR count). The number of hydrogen-bond acceptors (Lipinski definition) is 2. The highest BCUT2D eigenvalue weighted by molar-refractivity contribution is 4.97. The summed E-state index contributed by atoms with van der Waals surface area (Å²) in [6.45, 7) is 7.06. The number of allylic oxidation sites excluding steroid dienone is 1. The highest BCUT2D eigenvalue weighted by atomic mass is 14.9. The van der Waals surface area contributed by atoms with Gasteiger partial charge in [0.2, 0.25) is 0 Å². The zero-order chi connectivity index (χ0) is 8.53. The van der Waals surface area contributed by atoms with Crippen molar-refractivity contribution in [2.75, 3.05) is 19.6 Å². The van der Waals surface area contributed by atoms with Crippen LogP contribution in [0.25, 0.3) is 0 Å². The van der Waals surface area contributed by atoms with Crippen LogP contribution in [0.15, 0.2) is 11.6 Å². The van der Waals surface area contributed by atoms with E-state index in [9.17, 15) is 0 Å². The zero-order valence-corrected chi connectivity index (χ0v) is 7.69. The summed E-state index contributed by atoms with van der Waals surface area (Å²) in [5.41, 5.74) is 6.80. The smallest absolute Gasteiger partial charge is 0.00746 e. The maximum Gasteiger partial charge on any atom is 0.00746 e. The first-order chi connectivity index (χ1) is 5.31. The van der Waals surface area contributed by atoms with Crippen molar-refractivity contribution >= 4 is 0 Å². The molecule has 2 heteroatoms. The predicted molar refractivity (Wildman–Crippen MR) is 50.6 cm³/mol. The van der Waals surface area contributed by atoms with E-state index in [1.165, 1.54) is 5.57 Å². The van der Waals surface area contributed by atoms with Crippen molar-refractivity contribution in [3.8, 4) is 0 Å². The van der Waals surface area contributed by atoms with Crippen molar-refractivity contribution in [2.45, 2.75) is 26.7 Å². The molecule has 0 radical (unpaired) electrons. The van der Waals surface area contributed by atoms with Gasteiger partial charge in [-0.2, -0.15) is 0 Å². The summed E-state index contributed by atoms with van der Waals surface area (Å²) in [6, 6.07) is 0. The Kier molecular flexibility index (Phi) is 7.52. The van der Waals surface area contributed by atoms with Gasteiger partial charge in [0, 0.05) is 13.1 Å². The summed E-state index contributed by atoms with van der Waals surface area (Å²) in [7, 11) is 0. The average molecular weight is 156 g/mol. The Morgan fingerprint density at radius 1 is 1.45 bits per heavy atom. The molecule has 0 unspecified atom stereocenters. The van der Waals surface area contributed by atoms with Gasteiger partial charge in [0.1, 0.15) is 0 Å². The number of nitrogens with one attached hydrogen (secondary N) is 1. The number of hydrogen-bond donors (Lipinski definition) is 2. The molecule has 3 N–H and O–H groups in total. The van der Waals surface area contributed by atoms with Gasteiger partial charge in [-0.3, -0.25) is 0 Å². The minimum atomic E-state index is 0.733. The molecule has 11 heavy (non-hydrogen) atoms.